The molecule has 0 spiro atoms. The summed E-state index contributed by atoms with van der Waals surface area (Å²) in [6.45, 7) is 7.79. The molecule has 65 valence electrons. The van der Waals surface area contributed by atoms with Crippen molar-refractivity contribution in [3.05, 3.63) is 0 Å². The van der Waals surface area contributed by atoms with Crippen LogP contribution in [0.4, 0.5) is 0 Å². The molecule has 1 heterocycles. The van der Waals surface area contributed by atoms with Crippen LogP contribution in [0, 0.1) is 5.92 Å². The topological polar surface area (TPSA) is 9.23 Å². The van der Waals surface area contributed by atoms with Crippen LogP contribution < -0.4 is 0 Å². The molecule has 0 aromatic heterocycles. The standard InChI is InChI=1S/C5H10OS.C2H6.Rh/c1-4-2-6-3-5(4)7;1-2;/h4-5,7H,2-3H2,1H3;1-2H3;/p-1. The van der Waals surface area contributed by atoms with Crippen LogP contribution >= 0.6 is 0 Å². The molecule has 3 heteroatoms. The van der Waals surface area contributed by atoms with Crippen LogP contribution in [0.25, 0.3) is 0 Å². The third-order valence-corrected chi connectivity index (χ3v) is 1.90. The van der Waals surface area contributed by atoms with E-state index in [9.17, 15) is 0 Å². The molecule has 0 aromatic rings. The minimum Gasteiger partial charge on any atom is -0.787 e. The van der Waals surface area contributed by atoms with Crippen molar-refractivity contribution >= 4 is 12.6 Å². The summed E-state index contributed by atoms with van der Waals surface area (Å²) in [5.41, 5.74) is 0. The molecular formula is C7H15ORhS-. The molecule has 2 unspecified atom stereocenters. The van der Waals surface area contributed by atoms with Gasteiger partial charge in [0.2, 0.25) is 0 Å². The summed E-state index contributed by atoms with van der Waals surface area (Å²) in [4.78, 5) is 0. The molecule has 2 atom stereocenters. The molecular weight excluding hydrogens is 235 g/mol. The van der Waals surface area contributed by atoms with Gasteiger partial charge in [-0.05, 0) is 5.92 Å². The van der Waals surface area contributed by atoms with Crippen LogP contribution in [0.1, 0.15) is 20.8 Å². The van der Waals surface area contributed by atoms with Gasteiger partial charge in [0.25, 0.3) is 0 Å². The summed E-state index contributed by atoms with van der Waals surface area (Å²) >= 11 is 5.00. The second-order valence-electron chi connectivity index (χ2n) is 2.05. The van der Waals surface area contributed by atoms with Crippen molar-refractivity contribution < 1.29 is 24.2 Å². The Kier molecular flexibility index (Phi) is 10.9. The minimum absolute atomic E-state index is 0. The maximum Gasteiger partial charge on any atom is 0.0475 e. The summed E-state index contributed by atoms with van der Waals surface area (Å²) in [5, 5.41) is 0.375. The van der Waals surface area contributed by atoms with Gasteiger partial charge in [-0.25, -0.2) is 0 Å². The van der Waals surface area contributed by atoms with Gasteiger partial charge in [-0.1, -0.05) is 20.8 Å². The molecule has 0 amide bonds. The zero-order valence-corrected chi connectivity index (χ0v) is 9.17. The molecule has 1 saturated heterocycles. The van der Waals surface area contributed by atoms with Crippen LogP contribution in [0.15, 0.2) is 0 Å². The Hall–Kier alpha value is 0.933. The molecule has 1 radical (unpaired) electrons. The maximum absolute atomic E-state index is 5.06. The van der Waals surface area contributed by atoms with Crippen LogP contribution in [0.3, 0.4) is 0 Å². The first-order valence-electron chi connectivity index (χ1n) is 3.54. The first kappa shape index (κ1) is 13.5. The Balaban J connectivity index is 0. The Morgan fingerprint density at radius 2 is 1.80 bits per heavy atom. The smallest absolute Gasteiger partial charge is 0.0475 e. The summed E-state index contributed by atoms with van der Waals surface area (Å²) in [5.74, 6) is 0.606. The van der Waals surface area contributed by atoms with Crippen molar-refractivity contribution in [2.75, 3.05) is 13.2 Å². The molecule has 1 fully saturated rings. The van der Waals surface area contributed by atoms with Gasteiger partial charge in [-0.2, -0.15) is 0 Å². The van der Waals surface area contributed by atoms with E-state index in [1.165, 1.54) is 0 Å². The summed E-state index contributed by atoms with van der Waals surface area (Å²) in [6.07, 6.45) is 0. The van der Waals surface area contributed by atoms with Crippen LogP contribution in [-0.4, -0.2) is 18.5 Å². The van der Waals surface area contributed by atoms with E-state index in [4.69, 9.17) is 17.4 Å². The van der Waals surface area contributed by atoms with Crippen LogP contribution in [-0.2, 0) is 36.8 Å². The van der Waals surface area contributed by atoms with Gasteiger partial charge in [0.05, 0.1) is 0 Å². The monoisotopic (exact) mass is 250 g/mol. The van der Waals surface area contributed by atoms with Gasteiger partial charge in [0.15, 0.2) is 0 Å². The Labute approximate surface area is 82.1 Å². The van der Waals surface area contributed by atoms with Gasteiger partial charge >= 0.3 is 0 Å². The number of rotatable bonds is 0. The molecule has 0 aromatic carbocycles. The van der Waals surface area contributed by atoms with Crippen molar-refractivity contribution in [2.24, 2.45) is 5.92 Å². The predicted molar refractivity (Wildman–Crippen MR) is 42.5 cm³/mol. The first-order chi connectivity index (χ1) is 4.30. The Morgan fingerprint density at radius 3 is 1.90 bits per heavy atom. The third kappa shape index (κ3) is 4.70. The van der Waals surface area contributed by atoms with Crippen molar-refractivity contribution in [3.8, 4) is 0 Å². The fourth-order valence-corrected chi connectivity index (χ4v) is 0.816. The van der Waals surface area contributed by atoms with Gasteiger partial charge in [-0.15, -0.1) is 5.25 Å². The summed E-state index contributed by atoms with van der Waals surface area (Å²) in [6, 6.07) is 0. The van der Waals surface area contributed by atoms with Gasteiger partial charge in [0, 0.05) is 32.7 Å². The minimum atomic E-state index is 0. The summed E-state index contributed by atoms with van der Waals surface area (Å²) < 4.78 is 5.06. The molecule has 0 bridgehead atoms. The zero-order chi connectivity index (χ0) is 7.28. The van der Waals surface area contributed by atoms with Crippen molar-refractivity contribution in [3.63, 3.8) is 0 Å². The van der Waals surface area contributed by atoms with E-state index in [0.717, 1.165) is 13.2 Å². The summed E-state index contributed by atoms with van der Waals surface area (Å²) in [7, 11) is 0. The molecule has 10 heavy (non-hydrogen) atoms. The third-order valence-electron chi connectivity index (χ3n) is 1.30. The van der Waals surface area contributed by atoms with Crippen molar-refractivity contribution in [1.82, 2.24) is 0 Å². The Bertz CT molecular complexity index is 62.6. The average molecular weight is 250 g/mol. The van der Waals surface area contributed by atoms with E-state index in [2.05, 4.69) is 6.92 Å². The van der Waals surface area contributed by atoms with Gasteiger partial charge < -0.3 is 17.4 Å². The Morgan fingerprint density at radius 1 is 1.30 bits per heavy atom. The quantitative estimate of drug-likeness (QED) is 0.477. The first-order valence-corrected chi connectivity index (χ1v) is 4.01. The molecule has 1 aliphatic heterocycles. The largest absolute Gasteiger partial charge is 0.787 e. The van der Waals surface area contributed by atoms with E-state index in [1.54, 1.807) is 0 Å². The van der Waals surface area contributed by atoms with Crippen LogP contribution in [0.2, 0.25) is 0 Å². The van der Waals surface area contributed by atoms with Crippen LogP contribution in [0.5, 0.6) is 0 Å². The predicted octanol–water partition coefficient (Wildman–Crippen LogP) is 1.59. The normalized spacial score (nSPS) is 30.0. The van der Waals surface area contributed by atoms with E-state index in [0.29, 0.717) is 11.2 Å². The van der Waals surface area contributed by atoms with Crippen molar-refractivity contribution in [1.29, 1.82) is 0 Å². The maximum atomic E-state index is 5.06. The number of hydrogen-bond donors (Lipinski definition) is 0. The van der Waals surface area contributed by atoms with E-state index in [1.807, 2.05) is 13.8 Å². The van der Waals surface area contributed by atoms with Gasteiger partial charge in [0.1, 0.15) is 0 Å². The SMILES string of the molecule is CC.CC1COCC1[S-].[Rh]. The number of ether oxygens (including phenoxy) is 1. The molecule has 0 saturated carbocycles. The second kappa shape index (κ2) is 8.03. The molecule has 0 N–H and O–H groups in total. The molecule has 1 aliphatic rings. The zero-order valence-electron chi connectivity index (χ0n) is 6.72. The van der Waals surface area contributed by atoms with Gasteiger partial charge in [-0.3, -0.25) is 0 Å². The average Bonchev–Trinajstić information content (AvgIpc) is 2.23. The van der Waals surface area contributed by atoms with E-state index < -0.39 is 0 Å². The molecule has 1 nitrogen and oxygen atoms in total. The fraction of sp³-hybridized carbons (Fsp3) is 1.00. The number of hydrogen-bond acceptors (Lipinski definition) is 2. The second-order valence-corrected chi connectivity index (χ2v) is 2.66. The molecule has 0 aliphatic carbocycles. The fourth-order valence-electron chi connectivity index (χ4n) is 0.642. The van der Waals surface area contributed by atoms with E-state index >= 15 is 0 Å². The van der Waals surface area contributed by atoms with Crippen molar-refractivity contribution in [2.45, 2.75) is 26.0 Å². The molecule has 1 rings (SSSR count). The van der Waals surface area contributed by atoms with E-state index in [-0.39, 0.29) is 19.5 Å².